The van der Waals surface area contributed by atoms with Gasteiger partial charge in [-0.25, -0.2) is 4.79 Å². The Morgan fingerprint density at radius 1 is 0.844 bits per heavy atom. The number of ether oxygens (including phenoxy) is 1. The van der Waals surface area contributed by atoms with E-state index in [9.17, 15) is 14.4 Å². The number of nitrogens with zero attached hydrogens (tertiary/aromatic N) is 1. The summed E-state index contributed by atoms with van der Waals surface area (Å²) in [5.41, 5.74) is 1.81. The van der Waals surface area contributed by atoms with Gasteiger partial charge in [0, 0.05) is 0 Å². The first-order valence-corrected chi connectivity index (χ1v) is 9.84. The number of carbonyl (C=O) groups is 1. The molecule has 0 saturated carbocycles. The van der Waals surface area contributed by atoms with Crippen LogP contribution in [-0.4, -0.2) is 20.9 Å². The maximum Gasteiger partial charge on any atom is 0.343 e. The molecule has 32 heavy (non-hydrogen) atoms. The van der Waals surface area contributed by atoms with E-state index in [-0.39, 0.29) is 16.4 Å². The van der Waals surface area contributed by atoms with Crippen molar-refractivity contribution in [2.24, 2.45) is 0 Å². The molecule has 2 aromatic carbocycles. The van der Waals surface area contributed by atoms with E-state index in [1.54, 1.807) is 30.3 Å². The normalized spacial score (nSPS) is 12.0. The minimum absolute atomic E-state index is 0.0668. The van der Waals surface area contributed by atoms with Gasteiger partial charge in [0.15, 0.2) is 0 Å². The molecule has 0 fully saturated rings. The second-order valence-electron chi connectivity index (χ2n) is 7.11. The third kappa shape index (κ3) is 4.96. The summed E-state index contributed by atoms with van der Waals surface area (Å²) in [4.78, 5) is 46.3. The molecule has 0 aliphatic rings. The Hall–Kier alpha value is -4.52. The molecule has 0 saturated heterocycles. The summed E-state index contributed by atoms with van der Waals surface area (Å²) in [6.45, 7) is 1.93. The first-order chi connectivity index (χ1) is 15.5. The summed E-state index contributed by atoms with van der Waals surface area (Å²) in [5, 5.41) is 0.224. The molecular weight excluding hydrogens is 406 g/mol. The number of rotatable bonds is 4. The van der Waals surface area contributed by atoms with Gasteiger partial charge in [-0.15, -0.1) is 0 Å². The molecule has 158 valence electrons. The van der Waals surface area contributed by atoms with Gasteiger partial charge in [-0.05, 0) is 48.9 Å². The largest absolute Gasteiger partial charge is 0.421 e. The monoisotopic (exact) mass is 425 g/mol. The number of nitrogens with one attached hydrogen (secondary N) is 2. The van der Waals surface area contributed by atoms with Gasteiger partial charge in [0.05, 0.1) is 17.5 Å². The molecule has 7 nitrogen and oxygen atoms in total. The van der Waals surface area contributed by atoms with Crippen LogP contribution in [0.1, 0.15) is 27.2 Å². The van der Waals surface area contributed by atoms with Gasteiger partial charge in [0.25, 0.3) is 11.1 Å². The number of benzene rings is 2. The zero-order chi connectivity index (χ0) is 22.5. The Bertz CT molecular complexity index is 1480. The quantitative estimate of drug-likeness (QED) is 0.484. The third-order valence-electron chi connectivity index (χ3n) is 4.65. The van der Waals surface area contributed by atoms with Crippen LogP contribution in [0.4, 0.5) is 0 Å². The summed E-state index contributed by atoms with van der Waals surface area (Å²) >= 11 is 0. The lowest BCUT2D eigenvalue weighted by Gasteiger charge is -2.04. The van der Waals surface area contributed by atoms with Crippen LogP contribution >= 0.6 is 0 Å². The van der Waals surface area contributed by atoms with Gasteiger partial charge in [-0.1, -0.05) is 48.0 Å². The van der Waals surface area contributed by atoms with Gasteiger partial charge in [-0.2, -0.15) is 0 Å². The highest BCUT2D eigenvalue weighted by Gasteiger charge is 2.08. The maximum atomic E-state index is 12.4. The van der Waals surface area contributed by atoms with Crippen molar-refractivity contribution in [2.75, 3.05) is 0 Å². The maximum absolute atomic E-state index is 12.4. The lowest BCUT2D eigenvalue weighted by atomic mass is 10.1. The molecule has 0 radical (unpaired) electrons. The first kappa shape index (κ1) is 20.7. The molecule has 2 aromatic heterocycles. The highest BCUT2D eigenvalue weighted by molar-refractivity contribution is 5.91. The van der Waals surface area contributed by atoms with Crippen molar-refractivity contribution in [1.29, 1.82) is 0 Å². The minimum Gasteiger partial charge on any atom is -0.421 e. The molecule has 0 amide bonds. The Morgan fingerprint density at radius 3 is 2.12 bits per heavy atom. The molecule has 0 spiro atoms. The molecule has 0 unspecified atom stereocenters. The molecule has 2 N–H and O–H groups in total. The number of aryl methyl sites for hydroxylation is 1. The second kappa shape index (κ2) is 9.09. The standard InChI is InChI=1S/C25H19N3O4/c1-16-7-9-18(10-8-16)25(31)32-20-12-11-19(26-15-20)14-22-24(30)27-21(23(29)28-22)13-17-5-3-2-4-6-17/h2-15H,1H3,(H,27,30)(H,28,29)/b21-13-,22-14-. The molecule has 2 heterocycles. The predicted molar refractivity (Wildman–Crippen MR) is 121 cm³/mol. The van der Waals surface area contributed by atoms with Gasteiger partial charge in [0.1, 0.15) is 16.4 Å². The number of aromatic amines is 2. The minimum atomic E-state index is -0.491. The summed E-state index contributed by atoms with van der Waals surface area (Å²) in [5.74, 6) is -0.225. The van der Waals surface area contributed by atoms with Crippen LogP contribution in [0.15, 0.2) is 82.5 Å². The average molecular weight is 425 g/mol. The zero-order valence-corrected chi connectivity index (χ0v) is 17.2. The van der Waals surface area contributed by atoms with Crippen molar-refractivity contribution < 1.29 is 9.53 Å². The molecule has 0 aliphatic carbocycles. The van der Waals surface area contributed by atoms with Crippen LogP contribution in [0.2, 0.25) is 0 Å². The lowest BCUT2D eigenvalue weighted by Crippen LogP contribution is -2.46. The van der Waals surface area contributed by atoms with E-state index in [0.29, 0.717) is 11.3 Å². The van der Waals surface area contributed by atoms with Crippen LogP contribution < -0.4 is 26.6 Å². The molecule has 0 aliphatic heterocycles. The fourth-order valence-corrected chi connectivity index (χ4v) is 2.95. The van der Waals surface area contributed by atoms with Crippen molar-refractivity contribution in [2.45, 2.75) is 6.92 Å². The highest BCUT2D eigenvalue weighted by Crippen LogP contribution is 2.13. The van der Waals surface area contributed by atoms with Crippen molar-refractivity contribution in [3.8, 4) is 5.75 Å². The number of hydrogen-bond donors (Lipinski definition) is 2. The van der Waals surface area contributed by atoms with Gasteiger partial charge in [0.2, 0.25) is 0 Å². The van der Waals surface area contributed by atoms with Gasteiger partial charge in [-0.3, -0.25) is 14.6 Å². The first-order valence-electron chi connectivity index (χ1n) is 9.84. The highest BCUT2D eigenvalue weighted by atomic mass is 16.5. The van der Waals surface area contributed by atoms with Crippen molar-refractivity contribution in [3.05, 3.63) is 127 Å². The molecule has 4 rings (SSSR count). The molecular formula is C25H19N3O4. The SMILES string of the molecule is Cc1ccc(C(=O)Oc2ccc(/C=c3\[nH]c(=O)/c(=C/c4ccccc4)[nH]c3=O)nc2)cc1. The lowest BCUT2D eigenvalue weighted by molar-refractivity contribution is 0.0734. The van der Waals surface area contributed by atoms with E-state index in [4.69, 9.17) is 4.74 Å². The Morgan fingerprint density at radius 2 is 1.50 bits per heavy atom. The topological polar surface area (TPSA) is 105 Å². The number of carbonyl (C=O) groups excluding carboxylic acids is 1. The summed E-state index contributed by atoms with van der Waals surface area (Å²) in [7, 11) is 0. The summed E-state index contributed by atoms with van der Waals surface area (Å²) in [6, 6.07) is 19.4. The van der Waals surface area contributed by atoms with Crippen LogP contribution in [0.3, 0.4) is 0 Å². The second-order valence-corrected chi connectivity index (χ2v) is 7.11. The third-order valence-corrected chi connectivity index (χ3v) is 4.65. The number of esters is 1. The summed E-state index contributed by atoms with van der Waals surface area (Å²) in [6.07, 6.45) is 4.42. The van der Waals surface area contributed by atoms with Gasteiger partial charge < -0.3 is 14.7 Å². The van der Waals surface area contributed by atoms with E-state index in [2.05, 4.69) is 15.0 Å². The van der Waals surface area contributed by atoms with Crippen LogP contribution in [0, 0.1) is 6.92 Å². The van der Waals surface area contributed by atoms with Crippen molar-refractivity contribution in [3.63, 3.8) is 0 Å². The Labute approximate surface area is 182 Å². The molecule has 0 atom stereocenters. The molecule has 0 bridgehead atoms. The average Bonchev–Trinajstić information content (AvgIpc) is 2.79. The van der Waals surface area contributed by atoms with E-state index in [1.807, 2.05) is 49.4 Å². The van der Waals surface area contributed by atoms with Crippen LogP contribution in [0.5, 0.6) is 5.75 Å². The molecule has 7 heteroatoms. The smallest absolute Gasteiger partial charge is 0.343 e. The van der Waals surface area contributed by atoms with E-state index >= 15 is 0 Å². The van der Waals surface area contributed by atoms with E-state index in [0.717, 1.165) is 11.1 Å². The summed E-state index contributed by atoms with van der Waals surface area (Å²) < 4.78 is 5.32. The Kier molecular flexibility index (Phi) is 5.89. The van der Waals surface area contributed by atoms with Crippen molar-refractivity contribution in [1.82, 2.24) is 15.0 Å². The Balaban J connectivity index is 1.56. The zero-order valence-electron chi connectivity index (χ0n) is 17.2. The number of H-pyrrole nitrogens is 2. The number of hydrogen-bond acceptors (Lipinski definition) is 5. The number of aromatic nitrogens is 3. The number of pyridine rings is 1. The van der Waals surface area contributed by atoms with Crippen LogP contribution in [0.25, 0.3) is 12.2 Å². The predicted octanol–water partition coefficient (Wildman–Crippen LogP) is 1.64. The fourth-order valence-electron chi connectivity index (χ4n) is 2.95. The van der Waals surface area contributed by atoms with E-state index < -0.39 is 17.1 Å². The van der Waals surface area contributed by atoms with Gasteiger partial charge >= 0.3 is 5.97 Å². The fraction of sp³-hybridized carbons (Fsp3) is 0.0400. The molecule has 4 aromatic rings. The van der Waals surface area contributed by atoms with Crippen molar-refractivity contribution >= 4 is 18.1 Å². The van der Waals surface area contributed by atoms with E-state index in [1.165, 1.54) is 12.3 Å². The van der Waals surface area contributed by atoms with Crippen LogP contribution in [-0.2, 0) is 0 Å².